The summed E-state index contributed by atoms with van der Waals surface area (Å²) in [5.41, 5.74) is 9.84. The Hall–Kier alpha value is -3.17. The Morgan fingerprint density at radius 1 is 1.07 bits per heavy atom. The van der Waals surface area contributed by atoms with Crippen LogP contribution in [0, 0.1) is 11.8 Å². The van der Waals surface area contributed by atoms with Gasteiger partial charge >= 0.3 is 0 Å². The van der Waals surface area contributed by atoms with Gasteiger partial charge in [-0.2, -0.15) is 0 Å². The Labute approximate surface area is 178 Å². The van der Waals surface area contributed by atoms with E-state index < -0.39 is 15.1 Å². The van der Waals surface area contributed by atoms with Crippen molar-refractivity contribution in [3.63, 3.8) is 0 Å². The number of rotatable bonds is 5. The lowest BCUT2D eigenvalue weighted by atomic mass is 10.1. The molecule has 2 N–H and O–H groups in total. The van der Waals surface area contributed by atoms with Crippen LogP contribution in [0.1, 0.15) is 44.0 Å². The lowest BCUT2D eigenvalue weighted by Gasteiger charge is -2.08. The summed E-state index contributed by atoms with van der Waals surface area (Å²) < 4.78 is 24.6. The van der Waals surface area contributed by atoms with Gasteiger partial charge in [0.2, 0.25) is 0 Å². The van der Waals surface area contributed by atoms with Gasteiger partial charge in [0, 0.05) is 11.1 Å². The second-order valence-corrected chi connectivity index (χ2v) is 9.81. The van der Waals surface area contributed by atoms with Gasteiger partial charge in [-0.25, -0.2) is 18.4 Å². The van der Waals surface area contributed by atoms with Gasteiger partial charge in [0.25, 0.3) is 0 Å². The molecule has 5 nitrogen and oxygen atoms in total. The van der Waals surface area contributed by atoms with Crippen molar-refractivity contribution in [2.24, 2.45) is 0 Å². The summed E-state index contributed by atoms with van der Waals surface area (Å²) in [6, 6.07) is 14.7. The molecule has 1 heterocycles. The molecule has 0 unspecified atom stereocenters. The van der Waals surface area contributed by atoms with E-state index in [0.29, 0.717) is 11.4 Å². The topological polar surface area (TPSA) is 85.9 Å². The quantitative estimate of drug-likeness (QED) is 0.625. The second kappa shape index (κ2) is 9.10. The van der Waals surface area contributed by atoms with E-state index >= 15 is 0 Å². The fraction of sp³-hybridized carbons (Fsp3) is 0.250. The Morgan fingerprint density at radius 2 is 1.80 bits per heavy atom. The number of sulfone groups is 1. The Morgan fingerprint density at radius 3 is 2.47 bits per heavy atom. The van der Waals surface area contributed by atoms with E-state index in [0.717, 1.165) is 24.0 Å². The third-order valence-electron chi connectivity index (χ3n) is 4.69. The summed E-state index contributed by atoms with van der Waals surface area (Å²) in [7, 11) is -3.32. The van der Waals surface area contributed by atoms with Crippen LogP contribution in [0.2, 0.25) is 0 Å². The smallest absolute Gasteiger partial charge is 0.180 e. The zero-order chi connectivity index (χ0) is 21.7. The molecule has 0 spiro atoms. The highest BCUT2D eigenvalue weighted by Crippen LogP contribution is 2.22. The first-order valence-electron chi connectivity index (χ1n) is 9.89. The van der Waals surface area contributed by atoms with Gasteiger partial charge in [-0.05, 0) is 56.0 Å². The Bertz CT molecular complexity index is 1210. The van der Waals surface area contributed by atoms with Crippen molar-refractivity contribution in [3.05, 3.63) is 71.5 Å². The first kappa shape index (κ1) is 21.5. The first-order chi connectivity index (χ1) is 14.3. The van der Waals surface area contributed by atoms with Crippen molar-refractivity contribution in [3.8, 4) is 23.1 Å². The number of aromatic nitrogens is 2. The van der Waals surface area contributed by atoms with E-state index in [4.69, 9.17) is 5.73 Å². The van der Waals surface area contributed by atoms with Crippen molar-refractivity contribution in [1.82, 2.24) is 9.97 Å². The molecular weight excluding hydrogens is 394 g/mol. The number of benzene rings is 2. The molecular formula is C24H25N3O2S. The van der Waals surface area contributed by atoms with Gasteiger partial charge in [0.15, 0.2) is 21.3 Å². The van der Waals surface area contributed by atoms with Gasteiger partial charge in [0.05, 0.1) is 22.0 Å². The molecule has 2 aromatic carbocycles. The molecule has 0 radical (unpaired) electrons. The van der Waals surface area contributed by atoms with Crippen molar-refractivity contribution < 1.29 is 8.42 Å². The summed E-state index contributed by atoms with van der Waals surface area (Å²) in [5, 5.41) is -0.475. The number of hydrogen-bond donors (Lipinski definition) is 1. The van der Waals surface area contributed by atoms with E-state index in [1.54, 1.807) is 44.3 Å². The minimum absolute atomic E-state index is 0.259. The third-order valence-corrected chi connectivity index (χ3v) is 6.86. The maximum absolute atomic E-state index is 12.3. The summed E-state index contributed by atoms with van der Waals surface area (Å²) in [5.74, 6) is 6.38. The molecule has 0 aliphatic rings. The zero-order valence-electron chi connectivity index (χ0n) is 17.4. The largest absolute Gasteiger partial charge is 0.381 e. The van der Waals surface area contributed by atoms with E-state index in [1.807, 2.05) is 12.1 Å². The number of anilines is 1. The molecule has 0 saturated heterocycles. The van der Waals surface area contributed by atoms with Gasteiger partial charge in [-0.15, -0.1) is 0 Å². The Balaban J connectivity index is 1.91. The molecule has 0 bridgehead atoms. The molecule has 0 amide bonds. The summed E-state index contributed by atoms with van der Waals surface area (Å²) >= 11 is 0. The molecule has 0 fully saturated rings. The third kappa shape index (κ3) is 4.87. The van der Waals surface area contributed by atoms with Gasteiger partial charge in [0.1, 0.15) is 0 Å². The van der Waals surface area contributed by atoms with Crippen LogP contribution in [-0.4, -0.2) is 23.6 Å². The predicted octanol–water partition coefficient (Wildman–Crippen LogP) is 4.26. The summed E-state index contributed by atoms with van der Waals surface area (Å²) in [6.45, 7) is 5.47. The lowest BCUT2D eigenvalue weighted by Crippen LogP contribution is -2.13. The average molecular weight is 420 g/mol. The van der Waals surface area contributed by atoms with Crippen LogP contribution in [0.5, 0.6) is 0 Å². The molecule has 0 saturated carbocycles. The van der Waals surface area contributed by atoms with E-state index in [2.05, 4.69) is 40.9 Å². The van der Waals surface area contributed by atoms with Crippen molar-refractivity contribution >= 4 is 15.7 Å². The molecule has 0 atom stereocenters. The van der Waals surface area contributed by atoms with Crippen LogP contribution >= 0.6 is 0 Å². The van der Waals surface area contributed by atoms with Crippen molar-refractivity contribution in [2.45, 2.75) is 43.8 Å². The highest BCUT2D eigenvalue weighted by Gasteiger charge is 2.19. The number of nitrogens with two attached hydrogens (primary N) is 1. The number of aryl methyl sites for hydroxylation is 1. The van der Waals surface area contributed by atoms with Gasteiger partial charge in [-0.1, -0.05) is 43.5 Å². The molecule has 6 heteroatoms. The van der Waals surface area contributed by atoms with Crippen molar-refractivity contribution in [1.29, 1.82) is 0 Å². The fourth-order valence-electron chi connectivity index (χ4n) is 2.94. The lowest BCUT2D eigenvalue weighted by molar-refractivity contribution is 0.587. The summed E-state index contributed by atoms with van der Waals surface area (Å²) in [6.07, 6.45) is 3.65. The van der Waals surface area contributed by atoms with Crippen LogP contribution in [0.15, 0.2) is 59.6 Å². The normalized spacial score (nSPS) is 11.2. The monoisotopic (exact) mass is 419 g/mol. The molecule has 0 aliphatic heterocycles. The van der Waals surface area contributed by atoms with E-state index in [9.17, 15) is 8.42 Å². The van der Waals surface area contributed by atoms with E-state index in [-0.39, 0.29) is 10.7 Å². The van der Waals surface area contributed by atoms with Gasteiger partial charge in [-0.3, -0.25) is 0 Å². The number of nitrogen functional groups attached to an aromatic ring is 1. The number of hydrogen-bond acceptors (Lipinski definition) is 5. The first-order valence-corrected chi connectivity index (χ1v) is 11.4. The van der Waals surface area contributed by atoms with Crippen LogP contribution in [0.25, 0.3) is 11.3 Å². The highest BCUT2D eigenvalue weighted by atomic mass is 32.2. The maximum Gasteiger partial charge on any atom is 0.180 e. The zero-order valence-corrected chi connectivity index (χ0v) is 18.2. The standard InChI is InChI=1S/C24H25N3O2S/c1-4-6-18-7-5-8-19(15-18)9-14-22-24(25)26-16-23(27-22)20-10-12-21(13-11-20)30(28,29)17(2)3/h5,7-8,10-13,15-17H,4,6H2,1-3H3,(H2,25,26). The molecule has 3 rings (SSSR count). The molecule has 154 valence electrons. The number of nitrogens with zero attached hydrogens (tertiary/aromatic N) is 2. The summed E-state index contributed by atoms with van der Waals surface area (Å²) in [4.78, 5) is 9.03. The minimum atomic E-state index is -3.32. The minimum Gasteiger partial charge on any atom is -0.381 e. The van der Waals surface area contributed by atoms with Crippen LogP contribution in [0.4, 0.5) is 5.82 Å². The Kier molecular flexibility index (Phi) is 6.53. The highest BCUT2D eigenvalue weighted by molar-refractivity contribution is 7.92. The molecule has 0 aliphatic carbocycles. The molecule has 3 aromatic rings. The maximum atomic E-state index is 12.3. The fourth-order valence-corrected chi connectivity index (χ4v) is 4.00. The predicted molar refractivity (Wildman–Crippen MR) is 121 cm³/mol. The molecule has 1 aromatic heterocycles. The molecule has 30 heavy (non-hydrogen) atoms. The van der Waals surface area contributed by atoms with Crippen LogP contribution in [-0.2, 0) is 16.3 Å². The average Bonchev–Trinajstić information content (AvgIpc) is 2.74. The van der Waals surface area contributed by atoms with Crippen LogP contribution in [0.3, 0.4) is 0 Å². The van der Waals surface area contributed by atoms with Crippen LogP contribution < -0.4 is 5.73 Å². The van der Waals surface area contributed by atoms with E-state index in [1.165, 1.54) is 5.56 Å². The second-order valence-electron chi connectivity index (χ2n) is 7.31. The van der Waals surface area contributed by atoms with Gasteiger partial charge < -0.3 is 5.73 Å². The van der Waals surface area contributed by atoms with Crippen molar-refractivity contribution in [2.75, 3.05) is 5.73 Å². The SMILES string of the molecule is CCCc1cccc(C#Cc2nc(-c3ccc(S(=O)(=O)C(C)C)cc3)cnc2N)c1.